The van der Waals surface area contributed by atoms with Gasteiger partial charge in [-0.15, -0.1) is 0 Å². The summed E-state index contributed by atoms with van der Waals surface area (Å²) < 4.78 is 11.0. The number of fused-ring (bicyclic) bond motifs is 1. The summed E-state index contributed by atoms with van der Waals surface area (Å²) in [6, 6.07) is 6.84. The summed E-state index contributed by atoms with van der Waals surface area (Å²) in [5.74, 6) is 1.22. The van der Waals surface area contributed by atoms with Gasteiger partial charge in [0.2, 0.25) is 0 Å². The number of carbonyl (C=O) groups is 1. The summed E-state index contributed by atoms with van der Waals surface area (Å²) in [4.78, 5) is 23.4. The Morgan fingerprint density at radius 3 is 2.86 bits per heavy atom. The highest BCUT2D eigenvalue weighted by atomic mass is 16.5. The first kappa shape index (κ1) is 13.9. The van der Waals surface area contributed by atoms with Crippen LogP contribution in [0.15, 0.2) is 33.5 Å². The fraction of sp³-hybridized carbons (Fsp3) is 0.412. The van der Waals surface area contributed by atoms with Gasteiger partial charge in [0, 0.05) is 23.9 Å². The van der Waals surface area contributed by atoms with Crippen LogP contribution in [0.5, 0.6) is 5.75 Å². The maximum Gasteiger partial charge on any atom is 0.336 e. The Hall–Kier alpha value is -2.10. The molecule has 4 heteroatoms. The molecular weight excluding hydrogens is 268 g/mol. The van der Waals surface area contributed by atoms with Crippen molar-refractivity contribution in [3.63, 3.8) is 0 Å². The van der Waals surface area contributed by atoms with Gasteiger partial charge >= 0.3 is 5.63 Å². The van der Waals surface area contributed by atoms with E-state index in [-0.39, 0.29) is 17.5 Å². The predicted octanol–water partition coefficient (Wildman–Crippen LogP) is 3.24. The summed E-state index contributed by atoms with van der Waals surface area (Å²) in [7, 11) is 0. The second kappa shape index (κ2) is 5.35. The summed E-state index contributed by atoms with van der Waals surface area (Å²) in [5, 5.41) is 0.880. The zero-order valence-corrected chi connectivity index (χ0v) is 12.2. The van der Waals surface area contributed by atoms with E-state index in [1.807, 2.05) is 19.1 Å². The van der Waals surface area contributed by atoms with Crippen LogP contribution in [0.1, 0.15) is 31.7 Å². The lowest BCUT2D eigenvalue weighted by atomic mass is 9.88. The SMILES string of the molecule is Cc1cc(=O)oc2cc(OC3CC(C)CCC3=O)ccc12. The van der Waals surface area contributed by atoms with E-state index in [0.29, 0.717) is 23.7 Å². The number of aryl methyl sites for hydroxylation is 1. The van der Waals surface area contributed by atoms with Crippen LogP contribution in [0.25, 0.3) is 11.0 Å². The van der Waals surface area contributed by atoms with Gasteiger partial charge in [0.05, 0.1) is 0 Å². The van der Waals surface area contributed by atoms with Crippen LogP contribution < -0.4 is 10.4 Å². The number of ether oxygens (including phenoxy) is 1. The largest absolute Gasteiger partial charge is 0.483 e. The Bertz CT molecular complexity index is 744. The molecular formula is C17H18O4. The Morgan fingerprint density at radius 1 is 1.24 bits per heavy atom. The Balaban J connectivity index is 1.91. The smallest absolute Gasteiger partial charge is 0.336 e. The van der Waals surface area contributed by atoms with Crippen molar-refractivity contribution in [2.45, 2.75) is 39.2 Å². The highest BCUT2D eigenvalue weighted by Gasteiger charge is 2.28. The lowest BCUT2D eigenvalue weighted by molar-refractivity contribution is -0.128. The monoisotopic (exact) mass is 286 g/mol. The Morgan fingerprint density at radius 2 is 2.05 bits per heavy atom. The van der Waals surface area contributed by atoms with Crippen molar-refractivity contribution in [3.8, 4) is 5.75 Å². The van der Waals surface area contributed by atoms with Crippen molar-refractivity contribution < 1.29 is 13.9 Å². The molecule has 1 saturated carbocycles. The third-order valence-electron chi connectivity index (χ3n) is 4.06. The molecule has 0 aliphatic heterocycles. The van der Waals surface area contributed by atoms with Crippen molar-refractivity contribution in [1.29, 1.82) is 0 Å². The van der Waals surface area contributed by atoms with Gasteiger partial charge in [0.25, 0.3) is 0 Å². The molecule has 0 N–H and O–H groups in total. The minimum atomic E-state index is -0.386. The normalized spacial score (nSPS) is 22.5. The van der Waals surface area contributed by atoms with Crippen LogP contribution in [0.4, 0.5) is 0 Å². The molecule has 0 spiro atoms. The van der Waals surface area contributed by atoms with Crippen molar-refractivity contribution >= 4 is 16.8 Å². The standard InChI is InChI=1S/C17H18O4/c1-10-3-6-14(18)16(7-10)20-12-4-5-13-11(2)8-17(19)21-15(13)9-12/h4-5,8-10,16H,3,6-7H2,1-2H3. The Kier molecular flexibility index (Phi) is 3.53. The van der Waals surface area contributed by atoms with E-state index in [1.165, 1.54) is 6.07 Å². The van der Waals surface area contributed by atoms with E-state index in [9.17, 15) is 9.59 Å². The van der Waals surface area contributed by atoms with Gasteiger partial charge in [0.15, 0.2) is 11.9 Å². The van der Waals surface area contributed by atoms with Crippen LogP contribution in [0.2, 0.25) is 0 Å². The molecule has 0 radical (unpaired) electrons. The molecule has 0 bridgehead atoms. The number of ketones is 1. The van der Waals surface area contributed by atoms with E-state index >= 15 is 0 Å². The summed E-state index contributed by atoms with van der Waals surface area (Å²) in [6.07, 6.45) is 1.87. The van der Waals surface area contributed by atoms with Crippen LogP contribution in [-0.2, 0) is 4.79 Å². The van der Waals surface area contributed by atoms with E-state index in [2.05, 4.69) is 6.92 Å². The van der Waals surface area contributed by atoms with E-state index in [1.54, 1.807) is 6.07 Å². The molecule has 21 heavy (non-hydrogen) atoms. The molecule has 2 unspecified atom stereocenters. The molecule has 1 aromatic carbocycles. The first-order chi connectivity index (χ1) is 10.0. The van der Waals surface area contributed by atoms with E-state index in [4.69, 9.17) is 9.15 Å². The first-order valence-corrected chi connectivity index (χ1v) is 7.27. The van der Waals surface area contributed by atoms with Crippen LogP contribution >= 0.6 is 0 Å². The minimum Gasteiger partial charge on any atom is -0.483 e. The minimum absolute atomic E-state index is 0.152. The van der Waals surface area contributed by atoms with Gasteiger partial charge in [-0.05, 0) is 43.4 Å². The number of rotatable bonds is 2. The number of hydrogen-bond donors (Lipinski definition) is 0. The van der Waals surface area contributed by atoms with Crippen LogP contribution in [0, 0.1) is 12.8 Å². The molecule has 1 aliphatic carbocycles. The van der Waals surface area contributed by atoms with Gasteiger partial charge in [-0.2, -0.15) is 0 Å². The summed E-state index contributed by atoms with van der Waals surface area (Å²) in [6.45, 7) is 4.00. The van der Waals surface area contributed by atoms with E-state index < -0.39 is 0 Å². The quantitative estimate of drug-likeness (QED) is 0.795. The topological polar surface area (TPSA) is 56.5 Å². The second-order valence-corrected chi connectivity index (χ2v) is 5.86. The third kappa shape index (κ3) is 2.84. The lowest BCUT2D eigenvalue weighted by Crippen LogP contribution is -2.33. The van der Waals surface area contributed by atoms with Gasteiger partial charge in [-0.1, -0.05) is 6.92 Å². The van der Waals surface area contributed by atoms with Crippen molar-refractivity contribution in [3.05, 3.63) is 40.2 Å². The molecule has 1 heterocycles. The van der Waals surface area contributed by atoms with Gasteiger partial charge in [-0.3, -0.25) is 4.79 Å². The summed E-state index contributed by atoms with van der Waals surface area (Å²) >= 11 is 0. The first-order valence-electron chi connectivity index (χ1n) is 7.27. The number of Topliss-reactive ketones (excluding diaryl/α,β-unsaturated/α-hetero) is 1. The maximum atomic E-state index is 11.9. The van der Waals surface area contributed by atoms with Crippen LogP contribution in [0.3, 0.4) is 0 Å². The molecule has 1 aliphatic rings. The molecule has 2 atom stereocenters. The summed E-state index contributed by atoms with van der Waals surface area (Å²) in [5.41, 5.74) is 0.989. The molecule has 2 aromatic rings. The average Bonchev–Trinajstić information content (AvgIpc) is 2.42. The molecule has 0 amide bonds. The van der Waals surface area contributed by atoms with Crippen LogP contribution in [-0.4, -0.2) is 11.9 Å². The Labute approximate surface area is 122 Å². The molecule has 1 aromatic heterocycles. The second-order valence-electron chi connectivity index (χ2n) is 5.86. The molecule has 1 fully saturated rings. The van der Waals surface area contributed by atoms with Gasteiger partial charge in [-0.25, -0.2) is 4.79 Å². The number of benzene rings is 1. The highest BCUT2D eigenvalue weighted by Crippen LogP contribution is 2.27. The molecule has 110 valence electrons. The third-order valence-corrected chi connectivity index (χ3v) is 4.06. The number of hydrogen-bond acceptors (Lipinski definition) is 4. The molecule has 4 nitrogen and oxygen atoms in total. The maximum absolute atomic E-state index is 11.9. The zero-order valence-electron chi connectivity index (χ0n) is 12.2. The van der Waals surface area contributed by atoms with Crippen molar-refractivity contribution in [2.75, 3.05) is 0 Å². The van der Waals surface area contributed by atoms with E-state index in [0.717, 1.165) is 23.8 Å². The molecule has 3 rings (SSSR count). The van der Waals surface area contributed by atoms with Gasteiger partial charge in [0.1, 0.15) is 11.3 Å². The number of carbonyl (C=O) groups excluding carboxylic acids is 1. The fourth-order valence-corrected chi connectivity index (χ4v) is 2.82. The fourth-order valence-electron chi connectivity index (χ4n) is 2.82. The van der Waals surface area contributed by atoms with Crippen molar-refractivity contribution in [2.24, 2.45) is 5.92 Å². The molecule has 0 saturated heterocycles. The van der Waals surface area contributed by atoms with Crippen molar-refractivity contribution in [1.82, 2.24) is 0 Å². The lowest BCUT2D eigenvalue weighted by Gasteiger charge is -2.26. The zero-order chi connectivity index (χ0) is 15.0. The highest BCUT2D eigenvalue weighted by molar-refractivity contribution is 5.85. The average molecular weight is 286 g/mol. The predicted molar refractivity (Wildman–Crippen MR) is 79.7 cm³/mol. The van der Waals surface area contributed by atoms with Gasteiger partial charge < -0.3 is 9.15 Å².